The zero-order valence-electron chi connectivity index (χ0n) is 16.9. The molecule has 2 heterocycles. The van der Waals surface area contributed by atoms with Crippen molar-refractivity contribution >= 4 is 16.7 Å². The molecule has 5 rings (SSSR count). The summed E-state index contributed by atoms with van der Waals surface area (Å²) in [5, 5.41) is 20.7. The van der Waals surface area contributed by atoms with Crippen LogP contribution < -0.4 is 5.01 Å². The second-order valence-electron chi connectivity index (χ2n) is 7.38. The van der Waals surface area contributed by atoms with Gasteiger partial charge in [0.2, 0.25) is 0 Å². The van der Waals surface area contributed by atoms with Crippen molar-refractivity contribution in [1.29, 1.82) is 5.26 Å². The second kappa shape index (κ2) is 7.81. The molecule has 0 fully saturated rings. The number of hydrogen-bond donors (Lipinski definition) is 0. The number of fused-ring (bicyclic) bond motifs is 1. The summed E-state index contributed by atoms with van der Waals surface area (Å²) in [6.45, 7) is 2.69. The maximum atomic E-state index is 9.70. The van der Waals surface area contributed by atoms with Crippen LogP contribution in [0.4, 0.5) is 5.69 Å². The van der Waals surface area contributed by atoms with Crippen LogP contribution in [0.5, 0.6) is 0 Å². The lowest BCUT2D eigenvalue weighted by Crippen LogP contribution is -2.27. The van der Waals surface area contributed by atoms with Crippen LogP contribution in [0.1, 0.15) is 16.7 Å². The molecule has 150 valence electrons. The summed E-state index contributed by atoms with van der Waals surface area (Å²) in [5.74, 6) is 0.665. The molecule has 0 radical (unpaired) electrons. The van der Waals surface area contributed by atoms with E-state index in [0.29, 0.717) is 17.9 Å². The van der Waals surface area contributed by atoms with E-state index in [1.54, 1.807) is 12.7 Å². The van der Waals surface area contributed by atoms with Crippen LogP contribution in [0, 0.1) is 18.3 Å². The molecule has 0 bridgehead atoms. The molecule has 0 saturated carbocycles. The Morgan fingerprint density at radius 2 is 1.74 bits per heavy atom. The maximum Gasteiger partial charge on any atom is 0.139 e. The summed E-state index contributed by atoms with van der Waals surface area (Å²) in [4.78, 5) is 0. The number of anilines is 1. The van der Waals surface area contributed by atoms with Crippen LogP contribution in [0.2, 0.25) is 0 Å². The first-order valence-corrected chi connectivity index (χ1v) is 9.92. The van der Waals surface area contributed by atoms with Crippen LogP contribution in [-0.2, 0) is 6.54 Å². The zero-order chi connectivity index (χ0) is 21.2. The number of para-hydroxylation sites is 1. The van der Waals surface area contributed by atoms with Crippen molar-refractivity contribution in [3.63, 3.8) is 0 Å². The number of benzene rings is 3. The van der Waals surface area contributed by atoms with E-state index >= 15 is 0 Å². The van der Waals surface area contributed by atoms with Gasteiger partial charge in [-0.05, 0) is 42.8 Å². The molecule has 0 spiro atoms. The van der Waals surface area contributed by atoms with E-state index in [0.717, 1.165) is 27.8 Å². The van der Waals surface area contributed by atoms with E-state index in [1.807, 2.05) is 53.2 Å². The normalized spacial score (nSPS) is 10.8. The molecule has 0 unspecified atom stereocenters. The Bertz CT molecular complexity index is 1340. The molecule has 0 aliphatic heterocycles. The summed E-state index contributed by atoms with van der Waals surface area (Å²) in [6, 6.07) is 26.2. The number of furan rings is 1. The lowest BCUT2D eigenvalue weighted by Gasteiger charge is -2.25. The molecule has 0 atom stereocenters. The Balaban J connectivity index is 1.60. The van der Waals surface area contributed by atoms with E-state index in [4.69, 9.17) is 4.42 Å². The third-order valence-corrected chi connectivity index (χ3v) is 5.25. The van der Waals surface area contributed by atoms with Gasteiger partial charge in [-0.3, -0.25) is 5.01 Å². The zero-order valence-corrected chi connectivity index (χ0v) is 16.9. The molecule has 0 amide bonds. The molecule has 0 aliphatic rings. The van der Waals surface area contributed by atoms with Gasteiger partial charge in [0.05, 0.1) is 23.9 Å². The number of aromatic nitrogens is 3. The first-order chi connectivity index (χ1) is 15.2. The minimum Gasteiger partial charge on any atom is -0.456 e. The molecule has 3 aromatic carbocycles. The van der Waals surface area contributed by atoms with Gasteiger partial charge in [-0.2, -0.15) is 5.26 Å². The summed E-state index contributed by atoms with van der Waals surface area (Å²) in [6.07, 6.45) is 3.32. The van der Waals surface area contributed by atoms with Crippen molar-refractivity contribution in [3.8, 4) is 17.4 Å². The topological polar surface area (TPSA) is 70.9 Å². The van der Waals surface area contributed by atoms with E-state index in [2.05, 4.69) is 52.5 Å². The monoisotopic (exact) mass is 405 g/mol. The van der Waals surface area contributed by atoms with Gasteiger partial charge in [0.15, 0.2) is 0 Å². The van der Waals surface area contributed by atoms with Gasteiger partial charge < -0.3 is 4.42 Å². The summed E-state index contributed by atoms with van der Waals surface area (Å²) < 4.78 is 7.89. The second-order valence-corrected chi connectivity index (χ2v) is 7.38. The fraction of sp³-hybridized carbons (Fsp3) is 0.0800. The molecule has 0 aliphatic carbocycles. The van der Waals surface area contributed by atoms with Crippen molar-refractivity contribution in [3.05, 3.63) is 102 Å². The van der Waals surface area contributed by atoms with Crippen molar-refractivity contribution < 1.29 is 4.42 Å². The number of aryl methyl sites for hydroxylation is 1. The van der Waals surface area contributed by atoms with Crippen LogP contribution in [0.25, 0.3) is 22.3 Å². The minimum absolute atomic E-state index is 0.557. The summed E-state index contributed by atoms with van der Waals surface area (Å²) in [5.41, 5.74) is 5.36. The van der Waals surface area contributed by atoms with Gasteiger partial charge in [-0.1, -0.05) is 48.0 Å². The lowest BCUT2D eigenvalue weighted by atomic mass is 10.0. The summed E-state index contributed by atoms with van der Waals surface area (Å²) in [7, 11) is 0. The van der Waals surface area contributed by atoms with Gasteiger partial charge in [-0.15, -0.1) is 10.2 Å². The molecule has 6 heteroatoms. The van der Waals surface area contributed by atoms with Crippen LogP contribution in [-0.4, -0.2) is 14.9 Å². The van der Waals surface area contributed by atoms with Crippen LogP contribution in [0.15, 0.2) is 89.9 Å². The number of hydrogen-bond acceptors (Lipinski definition) is 5. The Kier molecular flexibility index (Phi) is 4.70. The molecule has 0 saturated heterocycles. The number of rotatable bonds is 5. The largest absolute Gasteiger partial charge is 0.456 e. The van der Waals surface area contributed by atoms with Gasteiger partial charge in [0.1, 0.15) is 24.0 Å². The van der Waals surface area contributed by atoms with E-state index < -0.39 is 0 Å². The molecule has 6 nitrogen and oxygen atoms in total. The Labute approximate surface area is 179 Å². The van der Waals surface area contributed by atoms with Crippen molar-refractivity contribution in [2.45, 2.75) is 13.5 Å². The predicted molar refractivity (Wildman–Crippen MR) is 119 cm³/mol. The van der Waals surface area contributed by atoms with E-state index in [-0.39, 0.29) is 0 Å². The highest BCUT2D eigenvalue weighted by atomic mass is 16.3. The van der Waals surface area contributed by atoms with Gasteiger partial charge >= 0.3 is 0 Å². The highest BCUT2D eigenvalue weighted by Gasteiger charge is 2.16. The first kappa shape index (κ1) is 18.6. The number of nitriles is 1. The first-order valence-electron chi connectivity index (χ1n) is 9.92. The predicted octanol–water partition coefficient (Wildman–Crippen LogP) is 5.34. The van der Waals surface area contributed by atoms with Gasteiger partial charge in [0, 0.05) is 10.9 Å². The van der Waals surface area contributed by atoms with Crippen LogP contribution in [0.3, 0.4) is 0 Å². The van der Waals surface area contributed by atoms with E-state index in [9.17, 15) is 5.26 Å². The highest BCUT2D eigenvalue weighted by Crippen LogP contribution is 2.33. The lowest BCUT2D eigenvalue weighted by molar-refractivity contribution is 0.631. The van der Waals surface area contributed by atoms with Gasteiger partial charge in [0.25, 0.3) is 0 Å². The van der Waals surface area contributed by atoms with Crippen molar-refractivity contribution in [2.75, 3.05) is 5.01 Å². The Hall–Kier alpha value is -4.37. The standard InChI is InChI=1S/C25H19N5O/c1-18-6-8-19(9-7-18)15-30(29-16-27-28-17-29)22-11-10-21(14-26)23(13-22)25-12-20-4-2-3-5-24(20)31-25/h2-13,16-17H,15H2,1H3. The minimum atomic E-state index is 0.557. The number of nitrogens with zero attached hydrogens (tertiary/aromatic N) is 5. The SMILES string of the molecule is Cc1ccc(CN(c2ccc(C#N)c(-c3cc4ccccc4o3)c2)n2cnnc2)cc1. The van der Waals surface area contributed by atoms with Crippen molar-refractivity contribution in [1.82, 2.24) is 14.9 Å². The average molecular weight is 405 g/mol. The molecular formula is C25H19N5O. The summed E-state index contributed by atoms with van der Waals surface area (Å²) >= 11 is 0. The third-order valence-electron chi connectivity index (χ3n) is 5.25. The molecule has 5 aromatic rings. The third kappa shape index (κ3) is 3.65. The van der Waals surface area contributed by atoms with Crippen LogP contribution >= 0.6 is 0 Å². The highest BCUT2D eigenvalue weighted by molar-refractivity contribution is 5.84. The van der Waals surface area contributed by atoms with E-state index in [1.165, 1.54) is 5.56 Å². The molecule has 2 aromatic heterocycles. The average Bonchev–Trinajstić information content (AvgIpc) is 3.48. The molecule has 0 N–H and O–H groups in total. The quantitative estimate of drug-likeness (QED) is 0.395. The smallest absolute Gasteiger partial charge is 0.139 e. The Morgan fingerprint density at radius 3 is 2.48 bits per heavy atom. The maximum absolute atomic E-state index is 9.70. The fourth-order valence-electron chi connectivity index (χ4n) is 3.60. The Morgan fingerprint density at radius 1 is 0.968 bits per heavy atom. The molecular weight excluding hydrogens is 386 g/mol. The van der Waals surface area contributed by atoms with Gasteiger partial charge in [-0.25, -0.2) is 4.68 Å². The fourth-order valence-corrected chi connectivity index (χ4v) is 3.60. The molecule has 31 heavy (non-hydrogen) atoms. The van der Waals surface area contributed by atoms with Crippen molar-refractivity contribution in [2.24, 2.45) is 0 Å².